The van der Waals surface area contributed by atoms with Crippen LogP contribution in [-0.4, -0.2) is 23.0 Å². The lowest BCUT2D eigenvalue weighted by Gasteiger charge is -2.40. The summed E-state index contributed by atoms with van der Waals surface area (Å²) in [6.45, 7) is 4.43. The topological polar surface area (TPSA) is 75.5 Å². The highest BCUT2D eigenvalue weighted by Gasteiger charge is 2.59. The summed E-state index contributed by atoms with van der Waals surface area (Å²) in [5.74, 6) is -0.0558. The van der Waals surface area contributed by atoms with Gasteiger partial charge in [-0.3, -0.25) is 14.9 Å². The number of anilines is 1. The van der Waals surface area contributed by atoms with Gasteiger partial charge in [0.1, 0.15) is 5.66 Å². The molecule has 2 aromatic rings. The van der Waals surface area contributed by atoms with Crippen LogP contribution < -0.4 is 10.2 Å². The van der Waals surface area contributed by atoms with Crippen LogP contribution in [0.3, 0.4) is 0 Å². The molecule has 0 aromatic heterocycles. The maximum absolute atomic E-state index is 12.3. The molecule has 1 unspecified atom stereocenters. The number of carbonyl (C=O) groups excluding carboxylic acids is 1. The van der Waals surface area contributed by atoms with Gasteiger partial charge in [-0.15, -0.1) is 0 Å². The lowest BCUT2D eigenvalue weighted by Crippen LogP contribution is -2.58. The third-order valence-corrected chi connectivity index (χ3v) is 5.52. The average Bonchev–Trinajstić information content (AvgIpc) is 3.05. The Morgan fingerprint density at radius 3 is 2.62 bits per heavy atom. The van der Waals surface area contributed by atoms with Gasteiger partial charge in [0.25, 0.3) is 5.69 Å². The fourth-order valence-electron chi connectivity index (χ4n) is 4.14. The summed E-state index contributed by atoms with van der Waals surface area (Å²) in [6.07, 6.45) is 3.63. The molecule has 0 aliphatic carbocycles. The molecule has 1 N–H and O–H groups in total. The van der Waals surface area contributed by atoms with Crippen LogP contribution in [0.5, 0.6) is 0 Å². The number of fused-ring (bicyclic) bond motifs is 3. The maximum Gasteiger partial charge on any atom is 0.276 e. The minimum atomic E-state index is -0.752. The molecule has 1 saturated heterocycles. The highest BCUT2D eigenvalue weighted by molar-refractivity contribution is 5.91. The molecule has 1 fully saturated rings. The van der Waals surface area contributed by atoms with Crippen molar-refractivity contribution in [1.82, 2.24) is 5.32 Å². The molecule has 26 heavy (non-hydrogen) atoms. The van der Waals surface area contributed by atoms with E-state index < -0.39 is 16.0 Å². The lowest BCUT2D eigenvalue weighted by atomic mass is 9.75. The van der Waals surface area contributed by atoms with Crippen molar-refractivity contribution in [2.75, 3.05) is 11.4 Å². The molecule has 0 radical (unpaired) electrons. The van der Waals surface area contributed by atoms with Gasteiger partial charge < -0.3 is 10.2 Å². The summed E-state index contributed by atoms with van der Waals surface area (Å²) < 4.78 is 0. The summed E-state index contributed by atoms with van der Waals surface area (Å²) in [5, 5.41) is 14.4. The molecule has 2 aliphatic rings. The predicted molar refractivity (Wildman–Crippen MR) is 99.8 cm³/mol. The van der Waals surface area contributed by atoms with Crippen molar-refractivity contribution in [2.24, 2.45) is 0 Å². The van der Waals surface area contributed by atoms with E-state index in [2.05, 4.69) is 30.1 Å². The minimum absolute atomic E-state index is 0.0457. The van der Waals surface area contributed by atoms with E-state index in [1.54, 1.807) is 24.3 Å². The molecule has 2 aromatic carbocycles. The summed E-state index contributed by atoms with van der Waals surface area (Å²) in [5.41, 5.74) is 1.58. The largest absolute Gasteiger partial charge is 0.335 e. The Labute approximate surface area is 151 Å². The van der Waals surface area contributed by atoms with Gasteiger partial charge in [0.2, 0.25) is 5.91 Å². The zero-order chi connectivity index (χ0) is 18.5. The van der Waals surface area contributed by atoms with Crippen LogP contribution in [0.2, 0.25) is 0 Å². The number of nitro groups is 1. The number of nitrogens with zero attached hydrogens (tertiary/aromatic N) is 2. The van der Waals surface area contributed by atoms with E-state index in [0.717, 1.165) is 11.3 Å². The lowest BCUT2D eigenvalue weighted by molar-refractivity contribution is -0.385. The maximum atomic E-state index is 12.3. The fraction of sp³-hybridized carbons (Fsp3) is 0.250. The van der Waals surface area contributed by atoms with Gasteiger partial charge >= 0.3 is 0 Å². The summed E-state index contributed by atoms with van der Waals surface area (Å²) in [6, 6.07) is 14.6. The molecule has 4 rings (SSSR count). The number of hydrogen-bond acceptors (Lipinski definition) is 4. The second-order valence-corrected chi connectivity index (χ2v) is 7.19. The van der Waals surface area contributed by atoms with Gasteiger partial charge in [0, 0.05) is 17.2 Å². The van der Waals surface area contributed by atoms with E-state index in [0.29, 0.717) is 5.56 Å². The monoisotopic (exact) mass is 349 g/mol. The molecule has 6 heteroatoms. The van der Waals surface area contributed by atoms with Crippen molar-refractivity contribution in [3.8, 4) is 0 Å². The van der Waals surface area contributed by atoms with Crippen molar-refractivity contribution in [1.29, 1.82) is 0 Å². The normalized spacial score (nSPS) is 23.0. The highest BCUT2D eigenvalue weighted by atomic mass is 16.6. The first-order chi connectivity index (χ1) is 12.4. The van der Waals surface area contributed by atoms with Crippen LogP contribution in [0.4, 0.5) is 11.4 Å². The Bertz CT molecular complexity index is 951. The Morgan fingerprint density at radius 1 is 1.15 bits per heavy atom. The molecule has 1 amide bonds. The molecule has 0 bridgehead atoms. The van der Waals surface area contributed by atoms with Gasteiger partial charge in [-0.1, -0.05) is 44.2 Å². The summed E-state index contributed by atoms with van der Waals surface area (Å²) in [4.78, 5) is 25.2. The van der Waals surface area contributed by atoms with Crippen LogP contribution in [-0.2, 0) is 10.2 Å². The molecular formula is C20H19N3O3. The summed E-state index contributed by atoms with van der Waals surface area (Å²) >= 11 is 0. The van der Waals surface area contributed by atoms with Crippen LogP contribution in [0.25, 0.3) is 6.08 Å². The Kier molecular flexibility index (Phi) is 3.41. The number of hydrogen-bond donors (Lipinski definition) is 1. The van der Waals surface area contributed by atoms with Crippen molar-refractivity contribution in [3.63, 3.8) is 0 Å². The Hall–Kier alpha value is -3.15. The van der Waals surface area contributed by atoms with E-state index in [9.17, 15) is 14.9 Å². The van der Waals surface area contributed by atoms with Crippen molar-refractivity contribution in [3.05, 3.63) is 75.8 Å². The Balaban J connectivity index is 1.85. The fourth-order valence-corrected chi connectivity index (χ4v) is 4.14. The number of carbonyl (C=O) groups is 1. The first-order valence-corrected chi connectivity index (χ1v) is 8.48. The zero-order valence-electron chi connectivity index (χ0n) is 14.6. The van der Waals surface area contributed by atoms with Crippen LogP contribution >= 0.6 is 0 Å². The molecule has 6 nitrogen and oxygen atoms in total. The molecule has 0 saturated carbocycles. The molecular weight excluding hydrogens is 330 g/mol. The van der Waals surface area contributed by atoms with Crippen LogP contribution in [0.15, 0.2) is 54.6 Å². The van der Waals surface area contributed by atoms with Crippen LogP contribution in [0, 0.1) is 10.1 Å². The van der Waals surface area contributed by atoms with E-state index in [1.807, 2.05) is 24.3 Å². The zero-order valence-corrected chi connectivity index (χ0v) is 14.6. The van der Waals surface area contributed by atoms with Crippen molar-refractivity contribution < 1.29 is 9.72 Å². The quantitative estimate of drug-likeness (QED) is 0.682. The molecule has 2 heterocycles. The molecule has 2 aliphatic heterocycles. The first-order valence-electron chi connectivity index (χ1n) is 8.48. The number of para-hydroxylation sites is 2. The second-order valence-electron chi connectivity index (χ2n) is 7.19. The predicted octanol–water partition coefficient (Wildman–Crippen LogP) is 3.23. The average molecular weight is 349 g/mol. The smallest absolute Gasteiger partial charge is 0.276 e. The number of amides is 1. The van der Waals surface area contributed by atoms with E-state index in [-0.39, 0.29) is 18.1 Å². The third kappa shape index (κ3) is 2.08. The standard InChI is InChI=1S/C20H19N3O3/c1-19(2)15-8-4-6-10-17(15)22-13-18(24)21-20(19,22)12-11-14-7-3-5-9-16(14)23(25)26/h3-12H,13H2,1-2H3,(H,21,24). The van der Waals surface area contributed by atoms with Gasteiger partial charge in [-0.25, -0.2) is 0 Å². The van der Waals surface area contributed by atoms with Crippen LogP contribution in [0.1, 0.15) is 25.0 Å². The number of nitro benzene ring substituents is 1. The second kappa shape index (κ2) is 5.42. The van der Waals surface area contributed by atoms with E-state index in [4.69, 9.17) is 0 Å². The number of rotatable bonds is 3. The van der Waals surface area contributed by atoms with Crippen molar-refractivity contribution >= 4 is 23.4 Å². The molecule has 1 atom stereocenters. The minimum Gasteiger partial charge on any atom is -0.335 e. The Morgan fingerprint density at radius 2 is 1.85 bits per heavy atom. The van der Waals surface area contributed by atoms with E-state index >= 15 is 0 Å². The summed E-state index contributed by atoms with van der Waals surface area (Å²) in [7, 11) is 0. The highest BCUT2D eigenvalue weighted by Crippen LogP contribution is 2.52. The van der Waals surface area contributed by atoms with Gasteiger partial charge in [-0.2, -0.15) is 0 Å². The SMILES string of the molecule is CC1(C)c2ccccc2N2CC(=O)NC21C=Cc1ccccc1[N+](=O)[O-]. The first kappa shape index (κ1) is 16.3. The number of benzene rings is 2. The van der Waals surface area contributed by atoms with E-state index in [1.165, 1.54) is 6.07 Å². The third-order valence-electron chi connectivity index (χ3n) is 5.52. The van der Waals surface area contributed by atoms with Crippen molar-refractivity contribution in [2.45, 2.75) is 24.9 Å². The van der Waals surface area contributed by atoms with Gasteiger partial charge in [0.15, 0.2) is 0 Å². The molecule has 132 valence electrons. The number of nitrogens with one attached hydrogen (secondary N) is 1. The molecule has 0 spiro atoms. The van der Waals surface area contributed by atoms with Gasteiger partial charge in [0.05, 0.1) is 17.0 Å². The van der Waals surface area contributed by atoms with Gasteiger partial charge in [-0.05, 0) is 29.8 Å².